The molecule has 0 saturated carbocycles. The molecule has 0 radical (unpaired) electrons. The van der Waals surface area contributed by atoms with Crippen LogP contribution in [0.4, 0.5) is 15.6 Å². The van der Waals surface area contributed by atoms with Crippen LogP contribution in [-0.4, -0.2) is 21.8 Å². The first kappa shape index (κ1) is 21.7. The predicted octanol–water partition coefficient (Wildman–Crippen LogP) is 6.25. The van der Waals surface area contributed by atoms with Crippen LogP contribution in [0, 0.1) is 0 Å². The quantitative estimate of drug-likeness (QED) is 0.218. The molecule has 9 heteroatoms. The lowest BCUT2D eigenvalue weighted by atomic mass is 10.0. The van der Waals surface area contributed by atoms with E-state index >= 15 is 0 Å². The van der Waals surface area contributed by atoms with E-state index < -0.39 is 6.03 Å². The second-order valence-electron chi connectivity index (χ2n) is 6.48. The van der Waals surface area contributed by atoms with Crippen LogP contribution in [0.3, 0.4) is 0 Å². The van der Waals surface area contributed by atoms with Gasteiger partial charge in [-0.2, -0.15) is 0 Å². The zero-order chi connectivity index (χ0) is 20.6. The Bertz CT molecular complexity index is 930. The molecule has 2 aromatic heterocycles. The van der Waals surface area contributed by atoms with Crippen molar-refractivity contribution in [3.8, 4) is 0 Å². The molecule has 0 aromatic carbocycles. The third-order valence-corrected chi connectivity index (χ3v) is 7.77. The van der Waals surface area contributed by atoms with Crippen molar-refractivity contribution in [3.05, 3.63) is 56.5 Å². The lowest BCUT2D eigenvalue weighted by Gasteiger charge is -2.10. The van der Waals surface area contributed by atoms with Crippen LogP contribution in [0.15, 0.2) is 45.2 Å². The molecule has 0 saturated heterocycles. The molecule has 0 bridgehead atoms. The maximum absolute atomic E-state index is 12.5. The van der Waals surface area contributed by atoms with E-state index in [0.717, 1.165) is 34.5 Å². The van der Waals surface area contributed by atoms with Crippen LogP contribution in [0.5, 0.6) is 0 Å². The van der Waals surface area contributed by atoms with Crippen molar-refractivity contribution < 1.29 is 9.59 Å². The zero-order valence-corrected chi connectivity index (χ0v) is 19.3. The normalized spacial score (nSPS) is 13.7. The van der Waals surface area contributed by atoms with Gasteiger partial charge in [-0.3, -0.25) is 15.1 Å². The first-order chi connectivity index (χ1) is 14.1. The molecule has 0 spiro atoms. The Kier molecular flexibility index (Phi) is 8.02. The van der Waals surface area contributed by atoms with Crippen molar-refractivity contribution in [3.63, 3.8) is 0 Å². The van der Waals surface area contributed by atoms with Crippen molar-refractivity contribution >= 4 is 60.8 Å². The number of carbonyl (C=O) groups excluding carboxylic acids is 2. The SMILES string of the molecule is CCCCCC(=O)c1ccncc1NC(=O)Nc1nc(C[SH]2C=CC=C2)c(Br)s1. The molecule has 3 heterocycles. The number of amides is 2. The third-order valence-electron chi connectivity index (χ3n) is 4.25. The standard InChI is InChI=1S/C20H23BrN4O2S2/c1-2-3-4-7-17(26)14-8-9-22-12-15(14)23-19(27)25-20-24-16(18(21)28-20)13-29-10-5-6-11-29/h5-6,8-12,29H,2-4,7,13H2,1H3,(H2,23,24,25,27). The topological polar surface area (TPSA) is 84.0 Å². The van der Waals surface area contributed by atoms with Crippen LogP contribution < -0.4 is 10.6 Å². The number of aromatic nitrogens is 2. The summed E-state index contributed by atoms with van der Waals surface area (Å²) in [5.74, 6) is 0.845. The number of allylic oxidation sites excluding steroid dienone is 2. The van der Waals surface area contributed by atoms with E-state index in [4.69, 9.17) is 0 Å². The Labute approximate surface area is 185 Å². The molecule has 2 aromatic rings. The van der Waals surface area contributed by atoms with Crippen molar-refractivity contribution in [2.45, 2.75) is 38.4 Å². The number of ketones is 1. The van der Waals surface area contributed by atoms with Gasteiger partial charge >= 0.3 is 6.03 Å². The Morgan fingerprint density at radius 2 is 2.00 bits per heavy atom. The molecular formula is C20H23BrN4O2S2. The number of unbranched alkanes of at least 4 members (excludes halogenated alkanes) is 2. The third kappa shape index (κ3) is 6.25. The minimum absolute atomic E-state index is 0.00964. The van der Waals surface area contributed by atoms with Gasteiger partial charge in [0.2, 0.25) is 0 Å². The number of pyridine rings is 1. The second kappa shape index (κ2) is 10.7. The summed E-state index contributed by atoms with van der Waals surface area (Å²) < 4.78 is 0.914. The monoisotopic (exact) mass is 494 g/mol. The number of anilines is 2. The number of rotatable bonds is 9. The highest BCUT2D eigenvalue weighted by atomic mass is 79.9. The summed E-state index contributed by atoms with van der Waals surface area (Å²) in [5, 5.41) is 10.4. The molecule has 0 aliphatic carbocycles. The summed E-state index contributed by atoms with van der Waals surface area (Å²) in [4.78, 5) is 33.5. The molecule has 154 valence electrons. The number of nitrogens with zero attached hydrogens (tertiary/aromatic N) is 2. The van der Waals surface area contributed by atoms with E-state index in [9.17, 15) is 9.59 Å². The molecule has 0 atom stereocenters. The fourth-order valence-electron chi connectivity index (χ4n) is 2.79. The molecule has 2 N–H and O–H groups in total. The Morgan fingerprint density at radius 3 is 2.76 bits per heavy atom. The number of thiazole rings is 1. The number of hydrogen-bond acceptors (Lipinski definition) is 5. The molecule has 6 nitrogen and oxygen atoms in total. The van der Waals surface area contributed by atoms with Crippen molar-refractivity contribution in [2.75, 3.05) is 10.6 Å². The largest absolute Gasteiger partial charge is 0.325 e. The number of halogens is 1. The first-order valence-electron chi connectivity index (χ1n) is 9.38. The maximum Gasteiger partial charge on any atom is 0.325 e. The summed E-state index contributed by atoms with van der Waals surface area (Å²) in [6, 6.07) is 1.20. The van der Waals surface area contributed by atoms with Crippen molar-refractivity contribution in [2.24, 2.45) is 0 Å². The average Bonchev–Trinajstić information content (AvgIpc) is 3.32. The minimum Gasteiger partial charge on any atom is -0.305 e. The van der Waals surface area contributed by atoms with Crippen molar-refractivity contribution in [1.82, 2.24) is 9.97 Å². The fraction of sp³-hybridized carbons (Fsp3) is 0.300. The van der Waals surface area contributed by atoms with Crippen molar-refractivity contribution in [1.29, 1.82) is 0 Å². The van der Waals surface area contributed by atoms with Gasteiger partial charge in [0.15, 0.2) is 10.9 Å². The van der Waals surface area contributed by atoms with Gasteiger partial charge in [0.25, 0.3) is 0 Å². The molecule has 3 rings (SSSR count). The van der Waals surface area contributed by atoms with E-state index in [1.807, 2.05) is 12.2 Å². The number of nitrogens with one attached hydrogen (secondary N) is 2. The van der Waals surface area contributed by atoms with E-state index in [-0.39, 0.29) is 16.7 Å². The van der Waals surface area contributed by atoms with Gasteiger partial charge in [-0.05, 0) is 39.2 Å². The predicted molar refractivity (Wildman–Crippen MR) is 126 cm³/mol. The van der Waals surface area contributed by atoms with Gasteiger partial charge < -0.3 is 5.32 Å². The van der Waals surface area contributed by atoms with E-state index in [0.29, 0.717) is 22.8 Å². The second-order valence-corrected chi connectivity index (χ2v) is 10.7. The van der Waals surface area contributed by atoms with Gasteiger partial charge in [-0.1, -0.05) is 43.3 Å². The summed E-state index contributed by atoms with van der Waals surface area (Å²) in [5.41, 5.74) is 1.82. The van der Waals surface area contributed by atoms with E-state index in [1.54, 1.807) is 12.3 Å². The maximum atomic E-state index is 12.5. The molecule has 1 aliphatic heterocycles. The van der Waals surface area contributed by atoms with Gasteiger partial charge in [-0.15, -0.1) is 0 Å². The summed E-state index contributed by atoms with van der Waals surface area (Å²) in [7, 11) is -0.324. The molecule has 0 fully saturated rings. The summed E-state index contributed by atoms with van der Waals surface area (Å²) in [6.07, 6.45) is 10.5. The van der Waals surface area contributed by atoms with Crippen LogP contribution >= 0.6 is 38.2 Å². The van der Waals surface area contributed by atoms with E-state index in [1.165, 1.54) is 17.5 Å². The van der Waals surface area contributed by atoms with Gasteiger partial charge in [0, 0.05) is 23.9 Å². The van der Waals surface area contributed by atoms with Gasteiger partial charge in [-0.25, -0.2) is 20.7 Å². The fourth-order valence-corrected chi connectivity index (χ4v) is 6.03. The summed E-state index contributed by atoms with van der Waals surface area (Å²) in [6.45, 7) is 2.10. The number of Topliss-reactive ketones (excluding diaryl/α,β-unsaturated/α-hetero) is 1. The Hall–Kier alpha value is -1.97. The van der Waals surface area contributed by atoms with Crippen LogP contribution in [0.2, 0.25) is 0 Å². The number of thiol groups is 1. The Balaban J connectivity index is 1.62. The Morgan fingerprint density at radius 1 is 1.21 bits per heavy atom. The highest BCUT2D eigenvalue weighted by Crippen LogP contribution is 2.40. The highest BCUT2D eigenvalue weighted by Gasteiger charge is 2.16. The molecular weight excluding hydrogens is 472 g/mol. The highest BCUT2D eigenvalue weighted by molar-refractivity contribution is 9.11. The van der Waals surface area contributed by atoms with Crippen LogP contribution in [0.25, 0.3) is 0 Å². The number of hydrogen-bond donors (Lipinski definition) is 3. The van der Waals surface area contributed by atoms with Gasteiger partial charge in [0.05, 0.1) is 21.4 Å². The van der Waals surface area contributed by atoms with Crippen LogP contribution in [0.1, 0.15) is 48.7 Å². The smallest absolute Gasteiger partial charge is 0.305 e. The van der Waals surface area contributed by atoms with Gasteiger partial charge in [0.1, 0.15) is 0 Å². The zero-order valence-electron chi connectivity index (χ0n) is 16.0. The van der Waals surface area contributed by atoms with E-state index in [2.05, 4.69) is 54.3 Å². The average molecular weight is 495 g/mol. The molecule has 1 aliphatic rings. The molecule has 29 heavy (non-hydrogen) atoms. The lowest BCUT2D eigenvalue weighted by Crippen LogP contribution is -2.21. The lowest BCUT2D eigenvalue weighted by molar-refractivity contribution is 0.0980. The minimum atomic E-state index is -0.445. The summed E-state index contributed by atoms with van der Waals surface area (Å²) >= 11 is 4.91. The number of carbonyl (C=O) groups is 2. The van der Waals surface area contributed by atoms with Crippen LogP contribution in [-0.2, 0) is 5.75 Å². The first-order valence-corrected chi connectivity index (χ1v) is 12.7. The molecule has 2 amide bonds. The number of urea groups is 1. The molecule has 0 unspecified atom stereocenters.